The number of thioether (sulfide) groups is 2. The van der Waals surface area contributed by atoms with Gasteiger partial charge in [0.1, 0.15) is 12.1 Å². The van der Waals surface area contributed by atoms with E-state index in [-0.39, 0.29) is 30.3 Å². The molecule has 1 saturated carbocycles. The zero-order chi connectivity index (χ0) is 27.0. The molecular formula is C26H32N4O5S2. The summed E-state index contributed by atoms with van der Waals surface area (Å²) in [6.45, 7) is 5.84. The fourth-order valence-corrected chi connectivity index (χ4v) is 6.97. The molecule has 2 aliphatic heterocycles. The maximum absolute atomic E-state index is 13.2. The Hall–Kier alpha value is -2.79. The van der Waals surface area contributed by atoms with Crippen molar-refractivity contribution in [2.45, 2.75) is 50.5 Å². The van der Waals surface area contributed by atoms with Crippen molar-refractivity contribution in [2.75, 3.05) is 25.9 Å². The van der Waals surface area contributed by atoms with Crippen molar-refractivity contribution in [1.29, 1.82) is 0 Å². The summed E-state index contributed by atoms with van der Waals surface area (Å²) in [5.41, 5.74) is -0.252. The molecule has 9 nitrogen and oxygen atoms in total. The molecule has 0 aromatic heterocycles. The predicted octanol–water partition coefficient (Wildman–Crippen LogP) is 3.70. The number of carbonyl (C=O) groups is 5. The number of hydrogen-bond acceptors (Lipinski definition) is 7. The van der Waals surface area contributed by atoms with Crippen molar-refractivity contribution < 1.29 is 24.0 Å². The van der Waals surface area contributed by atoms with E-state index in [1.54, 1.807) is 17.8 Å². The van der Waals surface area contributed by atoms with Gasteiger partial charge in [-0.2, -0.15) is 0 Å². The Morgan fingerprint density at radius 1 is 1.16 bits per heavy atom. The van der Waals surface area contributed by atoms with E-state index in [1.807, 2.05) is 30.5 Å². The van der Waals surface area contributed by atoms with Gasteiger partial charge in [0.2, 0.25) is 5.91 Å². The quantitative estimate of drug-likeness (QED) is 0.306. The van der Waals surface area contributed by atoms with Crippen LogP contribution in [0.3, 0.4) is 0 Å². The van der Waals surface area contributed by atoms with E-state index >= 15 is 0 Å². The van der Waals surface area contributed by atoms with Crippen LogP contribution in [0.1, 0.15) is 45.6 Å². The first-order chi connectivity index (χ1) is 17.4. The van der Waals surface area contributed by atoms with Gasteiger partial charge >= 0.3 is 6.03 Å². The summed E-state index contributed by atoms with van der Waals surface area (Å²) in [4.78, 5) is 67.0. The van der Waals surface area contributed by atoms with E-state index in [4.69, 9.17) is 0 Å². The zero-order valence-corrected chi connectivity index (χ0v) is 23.1. The SMILES string of the molecule is CSc1ccc(/C=C2\SC(=O)N(CCNC(=O)CN3C(=O)N[C@@]4(C[C@@H](C)CC(C)(C)C4)C3=O)C2=O)cc1. The topological polar surface area (TPSA) is 116 Å². The zero-order valence-electron chi connectivity index (χ0n) is 21.5. The lowest BCUT2D eigenvalue weighted by atomic mass is 9.64. The third-order valence-corrected chi connectivity index (χ3v) is 8.52. The van der Waals surface area contributed by atoms with E-state index in [0.717, 1.165) is 38.4 Å². The Bertz CT molecular complexity index is 1170. The molecule has 0 bridgehead atoms. The summed E-state index contributed by atoms with van der Waals surface area (Å²) in [5, 5.41) is 5.07. The van der Waals surface area contributed by atoms with Crippen LogP contribution in [0, 0.1) is 11.3 Å². The van der Waals surface area contributed by atoms with Gasteiger partial charge < -0.3 is 10.6 Å². The number of carbonyl (C=O) groups excluding carboxylic acids is 5. The third kappa shape index (κ3) is 5.87. The minimum atomic E-state index is -0.970. The third-order valence-electron chi connectivity index (χ3n) is 6.87. The number of nitrogens with zero attached hydrogens (tertiary/aromatic N) is 2. The molecule has 6 amide bonds. The lowest BCUT2D eigenvalue weighted by molar-refractivity contribution is -0.137. The van der Waals surface area contributed by atoms with Crippen molar-refractivity contribution in [3.8, 4) is 0 Å². The largest absolute Gasteiger partial charge is 0.353 e. The molecule has 1 spiro atoms. The molecule has 198 valence electrons. The van der Waals surface area contributed by atoms with E-state index in [2.05, 4.69) is 31.4 Å². The fraction of sp³-hybridized carbons (Fsp3) is 0.500. The highest BCUT2D eigenvalue weighted by atomic mass is 32.2. The molecule has 0 radical (unpaired) electrons. The van der Waals surface area contributed by atoms with E-state index < -0.39 is 35.2 Å². The van der Waals surface area contributed by atoms with Gasteiger partial charge in [0.15, 0.2) is 0 Å². The van der Waals surface area contributed by atoms with Gasteiger partial charge in [-0.1, -0.05) is 32.9 Å². The summed E-state index contributed by atoms with van der Waals surface area (Å²) in [5.74, 6) is -1.04. The van der Waals surface area contributed by atoms with Crippen LogP contribution in [0.5, 0.6) is 0 Å². The van der Waals surface area contributed by atoms with Gasteiger partial charge in [0.05, 0.1) is 4.91 Å². The number of hydrogen-bond donors (Lipinski definition) is 2. The number of nitrogens with one attached hydrogen (secondary N) is 2. The lowest BCUT2D eigenvalue weighted by Crippen LogP contribution is -2.54. The number of rotatable bonds is 7. The first-order valence-electron chi connectivity index (χ1n) is 12.2. The molecule has 3 aliphatic rings. The minimum Gasteiger partial charge on any atom is -0.353 e. The van der Waals surface area contributed by atoms with Crippen LogP contribution in [0.2, 0.25) is 0 Å². The van der Waals surface area contributed by atoms with Gasteiger partial charge in [0, 0.05) is 18.0 Å². The molecule has 0 unspecified atom stereocenters. The van der Waals surface area contributed by atoms with E-state index in [0.29, 0.717) is 17.7 Å². The van der Waals surface area contributed by atoms with E-state index in [9.17, 15) is 24.0 Å². The average molecular weight is 545 g/mol. The Morgan fingerprint density at radius 3 is 2.51 bits per heavy atom. The molecule has 2 N–H and O–H groups in total. The maximum Gasteiger partial charge on any atom is 0.325 e. The highest BCUT2D eigenvalue weighted by molar-refractivity contribution is 8.18. The molecule has 37 heavy (non-hydrogen) atoms. The normalized spacial score (nSPS) is 26.4. The van der Waals surface area contributed by atoms with E-state index in [1.165, 1.54) is 0 Å². The van der Waals surface area contributed by atoms with Crippen molar-refractivity contribution in [3.63, 3.8) is 0 Å². The van der Waals surface area contributed by atoms with Crippen LogP contribution >= 0.6 is 23.5 Å². The molecule has 4 rings (SSSR count). The van der Waals surface area contributed by atoms with Gasteiger partial charge in [0.25, 0.3) is 17.1 Å². The molecule has 3 fully saturated rings. The molecule has 1 aromatic rings. The highest BCUT2D eigenvalue weighted by Crippen LogP contribution is 2.46. The van der Waals surface area contributed by atoms with Crippen LogP contribution in [-0.2, 0) is 14.4 Å². The van der Waals surface area contributed by atoms with Crippen molar-refractivity contribution in [1.82, 2.24) is 20.4 Å². The maximum atomic E-state index is 13.2. The molecule has 1 aliphatic carbocycles. The molecular weight excluding hydrogens is 512 g/mol. The number of urea groups is 1. The number of benzene rings is 1. The van der Waals surface area contributed by atoms with Crippen molar-refractivity contribution >= 4 is 58.6 Å². The summed E-state index contributed by atoms with van der Waals surface area (Å²) in [6.07, 6.45) is 5.69. The first-order valence-corrected chi connectivity index (χ1v) is 14.3. The summed E-state index contributed by atoms with van der Waals surface area (Å²) in [7, 11) is 0. The molecule has 2 atom stereocenters. The Balaban J connectivity index is 1.30. The van der Waals surface area contributed by atoms with Gasteiger partial charge in [-0.05, 0) is 72.4 Å². The second-order valence-electron chi connectivity index (χ2n) is 10.7. The van der Waals surface area contributed by atoms with Crippen LogP contribution in [0.15, 0.2) is 34.1 Å². The summed E-state index contributed by atoms with van der Waals surface area (Å²) < 4.78 is 0. The highest BCUT2D eigenvalue weighted by Gasteiger charge is 2.56. The van der Waals surface area contributed by atoms with Crippen LogP contribution < -0.4 is 10.6 Å². The Morgan fingerprint density at radius 2 is 1.86 bits per heavy atom. The smallest absolute Gasteiger partial charge is 0.325 e. The summed E-state index contributed by atoms with van der Waals surface area (Å²) >= 11 is 2.47. The molecule has 1 aromatic carbocycles. The monoisotopic (exact) mass is 544 g/mol. The molecule has 2 saturated heterocycles. The molecule has 2 heterocycles. The number of amides is 6. The second kappa shape index (κ2) is 10.5. The Kier molecular flexibility index (Phi) is 7.75. The standard InChI is InChI=1S/C26H32N4O5S2/c1-16-12-25(2,3)15-26(13-16)22(33)30(23(34)28-26)14-20(31)27-9-10-29-21(32)19(37-24(29)35)11-17-5-7-18(36-4)8-6-17/h5-8,11,16H,9-10,12-15H2,1-4H3,(H,27,31)(H,28,34)/b19-11-/t16-,26+/m0/s1. The van der Waals surface area contributed by atoms with Crippen LogP contribution in [-0.4, -0.2) is 70.2 Å². The van der Waals surface area contributed by atoms with Crippen LogP contribution in [0.4, 0.5) is 9.59 Å². The van der Waals surface area contributed by atoms with Gasteiger partial charge in [-0.3, -0.25) is 29.0 Å². The fourth-order valence-electron chi connectivity index (χ4n) is 5.70. The average Bonchev–Trinajstić information content (AvgIpc) is 3.19. The van der Waals surface area contributed by atoms with Crippen molar-refractivity contribution in [2.24, 2.45) is 11.3 Å². The predicted molar refractivity (Wildman–Crippen MR) is 144 cm³/mol. The lowest BCUT2D eigenvalue weighted by Gasteiger charge is -2.43. The minimum absolute atomic E-state index is 0.00502. The van der Waals surface area contributed by atoms with Crippen LogP contribution in [0.25, 0.3) is 6.08 Å². The number of imide groups is 2. The Labute approximate surface area is 225 Å². The van der Waals surface area contributed by atoms with Gasteiger partial charge in [-0.15, -0.1) is 11.8 Å². The molecule has 11 heteroatoms. The van der Waals surface area contributed by atoms with Crippen molar-refractivity contribution in [3.05, 3.63) is 34.7 Å². The second-order valence-corrected chi connectivity index (χ2v) is 12.6. The van der Waals surface area contributed by atoms with Gasteiger partial charge in [-0.25, -0.2) is 4.79 Å². The first kappa shape index (κ1) is 27.3. The summed E-state index contributed by atoms with van der Waals surface area (Å²) in [6, 6.07) is 7.09.